The molecular formula is C31H37F2N5O6S. The van der Waals surface area contributed by atoms with Crippen molar-refractivity contribution < 1.29 is 31.5 Å². The van der Waals surface area contributed by atoms with Crippen LogP contribution in [0.4, 0.5) is 20.2 Å². The maximum absolute atomic E-state index is 14.0. The number of sulfonamides is 1. The fraction of sp³-hybridized carbons (Fsp3) is 0.452. The molecule has 1 aliphatic heterocycles. The lowest BCUT2D eigenvalue weighted by atomic mass is 10.1. The molecule has 0 unspecified atom stereocenters. The van der Waals surface area contributed by atoms with Crippen LogP contribution in [0.5, 0.6) is 5.75 Å². The van der Waals surface area contributed by atoms with Gasteiger partial charge in [-0.1, -0.05) is 19.1 Å². The van der Waals surface area contributed by atoms with Crippen LogP contribution in [-0.2, 0) is 25.3 Å². The largest absolute Gasteiger partial charge is 0.485 e. The van der Waals surface area contributed by atoms with Crippen molar-refractivity contribution in [3.05, 3.63) is 76.2 Å². The average Bonchev–Trinajstić information content (AvgIpc) is 3.78. The molecule has 5 rings (SSSR count). The summed E-state index contributed by atoms with van der Waals surface area (Å²) in [6.45, 7) is 2.78. The van der Waals surface area contributed by atoms with Gasteiger partial charge in [0.2, 0.25) is 15.8 Å². The molecule has 1 saturated carbocycles. The Morgan fingerprint density at radius 1 is 1.02 bits per heavy atom. The Hall–Kier alpha value is -4.04. The number of halogens is 2. The van der Waals surface area contributed by atoms with E-state index in [0.717, 1.165) is 35.3 Å². The van der Waals surface area contributed by atoms with Crippen LogP contribution in [0, 0.1) is 17.0 Å². The zero-order valence-corrected chi connectivity index (χ0v) is 26.4. The number of piperazine rings is 1. The smallest absolute Gasteiger partial charge is 0.316 e. The summed E-state index contributed by atoms with van der Waals surface area (Å²) in [5, 5.41) is 4.19. The molecular weight excluding hydrogens is 608 g/mol. The Labute approximate surface area is 261 Å². The lowest BCUT2D eigenvalue weighted by molar-refractivity contribution is -0.145. The van der Waals surface area contributed by atoms with Crippen molar-refractivity contribution in [1.29, 1.82) is 0 Å². The van der Waals surface area contributed by atoms with Crippen LogP contribution >= 0.6 is 0 Å². The van der Waals surface area contributed by atoms with E-state index < -0.39 is 32.6 Å². The van der Waals surface area contributed by atoms with E-state index in [2.05, 4.69) is 5.10 Å². The minimum atomic E-state index is -3.63. The van der Waals surface area contributed by atoms with E-state index in [1.807, 2.05) is 42.1 Å². The first-order valence-electron chi connectivity index (χ1n) is 14.8. The lowest BCUT2D eigenvalue weighted by Gasteiger charge is -2.36. The van der Waals surface area contributed by atoms with Gasteiger partial charge < -0.3 is 19.3 Å². The van der Waals surface area contributed by atoms with E-state index in [4.69, 9.17) is 9.47 Å². The van der Waals surface area contributed by atoms with E-state index in [9.17, 15) is 26.8 Å². The molecule has 11 nitrogen and oxygen atoms in total. The standard InChI is InChI=1S/C31H37F2N5O6S/c1-4-28(39)43-20-31(8-9-31)21-44-29-27(18-34-38(30(29)40)26-16-23(32)15-24(33)17-26)36-10-12-37(13-11-36)45(41,42)19-22-6-5-7-25(14-22)35(2)3/h5-7,14-18H,4,8-13,19-21H2,1-3H3. The molecule has 3 aromatic rings. The van der Waals surface area contributed by atoms with Crippen LogP contribution in [0.3, 0.4) is 0 Å². The number of carbonyl (C=O) groups excluding carboxylic acids is 1. The molecule has 45 heavy (non-hydrogen) atoms. The molecule has 0 bridgehead atoms. The molecule has 2 heterocycles. The molecule has 2 aliphatic rings. The van der Waals surface area contributed by atoms with E-state index >= 15 is 0 Å². The van der Waals surface area contributed by atoms with Crippen molar-refractivity contribution in [3.8, 4) is 11.4 Å². The van der Waals surface area contributed by atoms with Gasteiger partial charge in [0.05, 0.1) is 24.2 Å². The van der Waals surface area contributed by atoms with Gasteiger partial charge in [0.1, 0.15) is 23.9 Å². The van der Waals surface area contributed by atoms with Crippen LogP contribution in [0.25, 0.3) is 5.69 Å². The second-order valence-electron chi connectivity index (χ2n) is 11.7. The molecule has 0 atom stereocenters. The zero-order valence-electron chi connectivity index (χ0n) is 25.5. The second kappa shape index (κ2) is 13.1. The molecule has 0 amide bonds. The molecule has 2 aromatic carbocycles. The predicted molar refractivity (Wildman–Crippen MR) is 165 cm³/mol. The summed E-state index contributed by atoms with van der Waals surface area (Å²) >= 11 is 0. The topological polar surface area (TPSA) is 114 Å². The third kappa shape index (κ3) is 7.61. The number of aromatic nitrogens is 2. The van der Waals surface area contributed by atoms with E-state index in [0.29, 0.717) is 17.3 Å². The zero-order chi connectivity index (χ0) is 32.4. The Kier molecular flexibility index (Phi) is 9.44. The van der Waals surface area contributed by atoms with E-state index in [-0.39, 0.29) is 69.0 Å². The van der Waals surface area contributed by atoms with E-state index in [1.165, 1.54) is 10.5 Å². The summed E-state index contributed by atoms with van der Waals surface area (Å²) in [4.78, 5) is 29.2. The highest BCUT2D eigenvalue weighted by Crippen LogP contribution is 2.46. The molecule has 1 saturated heterocycles. The normalized spacial score (nSPS) is 16.3. The SMILES string of the molecule is CCC(=O)OCC1(COc2c(N3CCN(S(=O)(=O)Cc4cccc(N(C)C)c4)CC3)cnn(-c3cc(F)cc(F)c3)c2=O)CC1. The molecule has 1 aliphatic carbocycles. The first-order valence-corrected chi connectivity index (χ1v) is 16.4. The maximum Gasteiger partial charge on any atom is 0.316 e. The van der Waals surface area contributed by atoms with Crippen LogP contribution in [0.1, 0.15) is 31.7 Å². The van der Waals surface area contributed by atoms with Crippen molar-refractivity contribution in [1.82, 2.24) is 14.1 Å². The quantitative estimate of drug-likeness (QED) is 0.274. The minimum absolute atomic E-state index is 0.0775. The Morgan fingerprint density at radius 3 is 2.33 bits per heavy atom. The van der Waals surface area contributed by atoms with Crippen molar-refractivity contribution in [2.45, 2.75) is 31.9 Å². The molecule has 242 valence electrons. The summed E-state index contributed by atoms with van der Waals surface area (Å²) in [5.41, 5.74) is 0.643. The number of rotatable bonds is 12. The van der Waals surface area contributed by atoms with Gasteiger partial charge in [0.15, 0.2) is 0 Å². The summed E-state index contributed by atoms with van der Waals surface area (Å²) in [5.74, 6) is -2.30. The molecule has 0 spiro atoms. The van der Waals surface area contributed by atoms with Crippen molar-refractivity contribution in [3.63, 3.8) is 0 Å². The van der Waals surface area contributed by atoms with Crippen molar-refractivity contribution >= 4 is 27.4 Å². The monoisotopic (exact) mass is 645 g/mol. The Bertz CT molecular complexity index is 1700. The fourth-order valence-electron chi connectivity index (χ4n) is 5.14. The van der Waals surface area contributed by atoms with Gasteiger partial charge in [-0.25, -0.2) is 17.2 Å². The van der Waals surface area contributed by atoms with Gasteiger partial charge >= 0.3 is 11.5 Å². The number of hydrogen-bond donors (Lipinski definition) is 0. The maximum atomic E-state index is 14.0. The highest BCUT2D eigenvalue weighted by Gasteiger charge is 2.45. The van der Waals surface area contributed by atoms with Crippen molar-refractivity contribution in [2.75, 3.05) is 63.3 Å². The molecule has 1 aromatic heterocycles. The second-order valence-corrected chi connectivity index (χ2v) is 13.7. The number of nitrogens with zero attached hydrogens (tertiary/aromatic N) is 5. The minimum Gasteiger partial charge on any atom is -0.485 e. The average molecular weight is 646 g/mol. The highest BCUT2D eigenvalue weighted by molar-refractivity contribution is 7.88. The summed E-state index contributed by atoms with van der Waals surface area (Å²) in [6, 6.07) is 10.0. The molecule has 0 radical (unpaired) electrons. The van der Waals surface area contributed by atoms with Crippen LogP contribution in [-0.4, -0.2) is 82.0 Å². The van der Waals surface area contributed by atoms with Crippen molar-refractivity contribution in [2.24, 2.45) is 5.41 Å². The van der Waals surface area contributed by atoms with Crippen LogP contribution in [0.2, 0.25) is 0 Å². The van der Waals surface area contributed by atoms with Gasteiger partial charge in [-0.2, -0.15) is 14.1 Å². The molecule has 14 heteroatoms. The van der Waals surface area contributed by atoms with Gasteiger partial charge in [0.25, 0.3) is 0 Å². The predicted octanol–water partition coefficient (Wildman–Crippen LogP) is 3.34. The number of benzene rings is 2. The fourth-order valence-corrected chi connectivity index (χ4v) is 6.64. The van der Waals surface area contributed by atoms with Gasteiger partial charge in [-0.3, -0.25) is 9.59 Å². The number of ether oxygens (including phenoxy) is 2. The third-order valence-electron chi connectivity index (χ3n) is 8.06. The Morgan fingerprint density at radius 2 is 1.71 bits per heavy atom. The lowest BCUT2D eigenvalue weighted by Crippen LogP contribution is -2.49. The number of anilines is 2. The highest BCUT2D eigenvalue weighted by atomic mass is 32.2. The number of esters is 1. The number of hydrogen-bond acceptors (Lipinski definition) is 9. The van der Waals surface area contributed by atoms with Crippen LogP contribution < -0.4 is 20.1 Å². The number of carbonyl (C=O) groups is 1. The third-order valence-corrected chi connectivity index (χ3v) is 9.91. The van der Waals surface area contributed by atoms with E-state index in [1.54, 1.807) is 13.0 Å². The first kappa shape index (κ1) is 32.4. The van der Waals surface area contributed by atoms with Crippen LogP contribution in [0.15, 0.2) is 53.5 Å². The Balaban J connectivity index is 1.36. The van der Waals surface area contributed by atoms with Gasteiger partial charge in [-0.05, 0) is 42.7 Å². The van der Waals surface area contributed by atoms with Gasteiger partial charge in [0, 0.05) is 63.9 Å². The summed E-state index contributed by atoms with van der Waals surface area (Å²) in [7, 11) is 0.150. The summed E-state index contributed by atoms with van der Waals surface area (Å²) < 4.78 is 68.4. The van der Waals surface area contributed by atoms with Gasteiger partial charge in [-0.15, -0.1) is 0 Å². The molecule has 2 fully saturated rings. The first-order chi connectivity index (χ1) is 21.4. The summed E-state index contributed by atoms with van der Waals surface area (Å²) in [6.07, 6.45) is 3.10. The molecule has 0 N–H and O–H groups in total.